The van der Waals surface area contributed by atoms with Crippen LogP contribution in [0, 0.1) is 5.92 Å². The van der Waals surface area contributed by atoms with Gasteiger partial charge in [0.05, 0.1) is 7.11 Å². The van der Waals surface area contributed by atoms with Gasteiger partial charge < -0.3 is 24.3 Å². The van der Waals surface area contributed by atoms with Crippen molar-refractivity contribution in [2.75, 3.05) is 7.11 Å². The Hall–Kier alpha value is -3.34. The highest BCUT2D eigenvalue weighted by atomic mass is 32.9. The van der Waals surface area contributed by atoms with E-state index < -0.39 is 30.3 Å². The highest BCUT2D eigenvalue weighted by molar-refractivity contribution is 8.54. The third-order valence-corrected chi connectivity index (χ3v) is 7.09. The van der Waals surface area contributed by atoms with E-state index in [0.29, 0.717) is 37.0 Å². The van der Waals surface area contributed by atoms with Crippen molar-refractivity contribution in [3.05, 3.63) is 59.7 Å². The van der Waals surface area contributed by atoms with Crippen LogP contribution in [0.15, 0.2) is 48.5 Å². The number of thiol groups is 1. The van der Waals surface area contributed by atoms with Crippen molar-refractivity contribution in [3.63, 3.8) is 0 Å². The third kappa shape index (κ3) is 13.5. The quantitative estimate of drug-likeness (QED) is 0.0808. The van der Waals surface area contributed by atoms with Gasteiger partial charge >= 0.3 is 24.2 Å². The monoisotopic (exact) mass is 636 g/mol. The summed E-state index contributed by atoms with van der Waals surface area (Å²) in [6, 6.07) is 12.4. The number of rotatable bonds is 16. The fourth-order valence-corrected chi connectivity index (χ4v) is 4.67. The van der Waals surface area contributed by atoms with Gasteiger partial charge in [0.25, 0.3) is 0 Å². The zero-order valence-electron chi connectivity index (χ0n) is 23.7. The number of Topliss-reactive ketones (excluding diaryl/α,β-unsaturated/α-hetero) is 1. The molecule has 2 aromatic rings. The molecular weight excluding hydrogens is 601 g/mol. The number of esters is 1. The lowest BCUT2D eigenvalue weighted by atomic mass is 9.96. The molecule has 0 radical (unpaired) electrons. The molecule has 42 heavy (non-hydrogen) atoms. The second-order valence-electron chi connectivity index (χ2n) is 9.51. The third-order valence-electron chi connectivity index (χ3n) is 6.29. The normalized spacial score (nSPS) is 12.3. The standard InChI is InChI=1S/C29H34NO9PS2/c1-4-20(6-5-19(2)31)18-27(33)38-29(35)37-24-14-9-22(10-15-24)17-25(28(34)39-40(41)42)30-26(32)16-11-21-7-12-23(36-3)13-8-21/h7-10,12-15,20,25H,4-6,11,16-18H2,1-3H3,(H-,30,32,41,42)/p+1. The lowest BCUT2D eigenvalue weighted by Crippen LogP contribution is -2.42. The summed E-state index contributed by atoms with van der Waals surface area (Å²) in [7, 11) is 1.57. The predicted octanol–water partition coefficient (Wildman–Crippen LogP) is 5.43. The van der Waals surface area contributed by atoms with Crippen LogP contribution in [0.3, 0.4) is 0 Å². The Labute approximate surface area is 256 Å². The first-order chi connectivity index (χ1) is 20.0. The zero-order valence-corrected chi connectivity index (χ0v) is 26.3. The van der Waals surface area contributed by atoms with E-state index in [0.717, 1.165) is 5.56 Å². The Morgan fingerprint density at radius 2 is 1.57 bits per heavy atom. The maximum atomic E-state index is 12.6. The van der Waals surface area contributed by atoms with Crippen molar-refractivity contribution >= 4 is 60.0 Å². The summed E-state index contributed by atoms with van der Waals surface area (Å²) < 4.78 is 20.1. The van der Waals surface area contributed by atoms with E-state index in [1.54, 1.807) is 31.4 Å². The van der Waals surface area contributed by atoms with Gasteiger partial charge in [-0.25, -0.2) is 14.1 Å². The average molecular weight is 637 g/mol. The molecule has 0 spiro atoms. The second kappa shape index (κ2) is 18.3. The molecule has 10 nitrogen and oxygen atoms in total. The minimum Gasteiger partial charge on any atom is -0.497 e. The number of nitrogens with one attached hydrogen (secondary N) is 1. The average Bonchev–Trinajstić information content (AvgIpc) is 2.94. The van der Waals surface area contributed by atoms with Gasteiger partial charge in [-0.15, -0.1) is 0 Å². The Balaban J connectivity index is 1.93. The number of methoxy groups -OCH3 is 1. The van der Waals surface area contributed by atoms with Crippen molar-refractivity contribution in [3.8, 4) is 11.5 Å². The molecule has 0 saturated carbocycles. The Kier molecular flexibility index (Phi) is 15.1. The first-order valence-corrected chi connectivity index (χ1v) is 16.7. The van der Waals surface area contributed by atoms with Crippen LogP contribution in [0.1, 0.15) is 57.1 Å². The van der Waals surface area contributed by atoms with Gasteiger partial charge in [0, 0.05) is 25.7 Å². The molecule has 226 valence electrons. The second-order valence-corrected chi connectivity index (χ2v) is 13.1. The molecule has 2 rings (SSSR count). The molecular formula is C29H35NO9PS2+. The highest BCUT2D eigenvalue weighted by Crippen LogP contribution is 2.28. The number of hydrogen-bond acceptors (Lipinski definition) is 10. The van der Waals surface area contributed by atoms with E-state index in [1.807, 2.05) is 19.1 Å². The molecule has 0 aliphatic heterocycles. The number of ketones is 1. The number of ether oxygens (including phenoxy) is 3. The van der Waals surface area contributed by atoms with Crippen molar-refractivity contribution in [1.29, 1.82) is 0 Å². The molecule has 0 aromatic heterocycles. The molecule has 0 aliphatic rings. The Morgan fingerprint density at radius 1 is 0.952 bits per heavy atom. The highest BCUT2D eigenvalue weighted by Gasteiger charge is 2.28. The van der Waals surface area contributed by atoms with Crippen LogP contribution in [-0.4, -0.2) is 42.9 Å². The first-order valence-electron chi connectivity index (χ1n) is 13.3. The molecule has 0 bridgehead atoms. The fourth-order valence-electron chi connectivity index (χ4n) is 3.93. The number of hydrogen-bond donors (Lipinski definition) is 2. The van der Waals surface area contributed by atoms with Crippen LogP contribution in [-0.2, 0) is 53.1 Å². The lowest BCUT2D eigenvalue weighted by molar-refractivity contribution is -0.140. The number of amides is 1. The van der Waals surface area contributed by atoms with Crippen molar-refractivity contribution in [1.82, 2.24) is 5.32 Å². The van der Waals surface area contributed by atoms with E-state index in [-0.39, 0.29) is 42.6 Å². The molecule has 3 atom stereocenters. The minimum absolute atomic E-state index is 0.000108. The van der Waals surface area contributed by atoms with E-state index in [9.17, 15) is 24.0 Å². The minimum atomic E-state index is -1.70. The number of carbonyl (C=O) groups excluding carboxylic acids is 5. The number of aryl methyl sites for hydroxylation is 1. The topological polar surface area (TPSA) is 134 Å². The van der Waals surface area contributed by atoms with Crippen LogP contribution in [0.2, 0.25) is 0 Å². The lowest BCUT2D eigenvalue weighted by Gasteiger charge is -2.15. The summed E-state index contributed by atoms with van der Waals surface area (Å²) in [5.74, 6) is -1.00. The summed E-state index contributed by atoms with van der Waals surface area (Å²) in [5, 5.41) is 2.70. The maximum Gasteiger partial charge on any atom is 0.521 e. The van der Waals surface area contributed by atoms with Gasteiger partial charge in [0.15, 0.2) is 0 Å². The van der Waals surface area contributed by atoms with Gasteiger partial charge in [0.2, 0.25) is 17.7 Å². The molecule has 0 heterocycles. The van der Waals surface area contributed by atoms with Crippen molar-refractivity contribution in [2.45, 2.75) is 64.8 Å². The predicted molar refractivity (Wildman–Crippen MR) is 163 cm³/mol. The number of benzene rings is 2. The first kappa shape index (κ1) is 34.9. The van der Waals surface area contributed by atoms with Gasteiger partial charge in [-0.1, -0.05) is 37.6 Å². The Morgan fingerprint density at radius 3 is 2.14 bits per heavy atom. The van der Waals surface area contributed by atoms with Crippen molar-refractivity contribution in [2.24, 2.45) is 5.92 Å². The number of carbonyl (C=O) groups is 5. The summed E-state index contributed by atoms with van der Waals surface area (Å²) in [5.41, 5.74) is 1.57. The van der Waals surface area contributed by atoms with E-state index in [2.05, 4.69) is 17.6 Å². The molecule has 0 fully saturated rings. The molecule has 0 saturated heterocycles. The van der Waals surface area contributed by atoms with Gasteiger partial charge in [-0.3, -0.25) is 9.59 Å². The summed E-state index contributed by atoms with van der Waals surface area (Å²) >= 11 is 8.87. The summed E-state index contributed by atoms with van der Waals surface area (Å²) in [6.45, 7) is 3.38. The smallest absolute Gasteiger partial charge is 0.497 e. The van der Waals surface area contributed by atoms with Gasteiger partial charge in [-0.05, 0) is 61.1 Å². The molecule has 0 aliphatic carbocycles. The molecule has 1 amide bonds. The van der Waals surface area contributed by atoms with Crippen LogP contribution in [0.4, 0.5) is 4.79 Å². The van der Waals surface area contributed by atoms with Gasteiger partial charge in [0.1, 0.15) is 35.6 Å². The molecule has 1 N–H and O–H groups in total. The molecule has 3 unspecified atom stereocenters. The van der Waals surface area contributed by atoms with E-state index in [1.165, 1.54) is 19.1 Å². The van der Waals surface area contributed by atoms with E-state index in [4.69, 9.17) is 30.5 Å². The molecule has 13 heteroatoms. The summed E-state index contributed by atoms with van der Waals surface area (Å²) in [6.07, 6.45) is -0.630. The summed E-state index contributed by atoms with van der Waals surface area (Å²) in [4.78, 5) is 60.7. The SMILES string of the molecule is CCC(CCC(C)=O)CC(=O)OC(=O)Oc1ccc(CC(NC(=O)CCc2ccc(OC)cc2)C(=O)O[P+](=S)S)cc1. The molecule has 2 aromatic carbocycles. The Bertz CT molecular complexity index is 1250. The fraction of sp³-hybridized carbons (Fsp3) is 0.414. The van der Waals surface area contributed by atoms with Crippen LogP contribution in [0.25, 0.3) is 0 Å². The zero-order chi connectivity index (χ0) is 31.1. The van der Waals surface area contributed by atoms with Gasteiger partial charge in [-0.2, -0.15) is 0 Å². The van der Waals surface area contributed by atoms with Crippen LogP contribution >= 0.6 is 18.4 Å². The van der Waals surface area contributed by atoms with Crippen LogP contribution < -0.4 is 14.8 Å². The van der Waals surface area contributed by atoms with Crippen LogP contribution in [0.5, 0.6) is 11.5 Å². The van der Waals surface area contributed by atoms with Crippen molar-refractivity contribution < 1.29 is 42.7 Å². The van der Waals surface area contributed by atoms with E-state index >= 15 is 0 Å². The maximum absolute atomic E-state index is 12.6. The largest absolute Gasteiger partial charge is 0.521 e.